The van der Waals surface area contributed by atoms with Gasteiger partial charge < -0.3 is 15.0 Å². The second-order valence-corrected chi connectivity index (χ2v) is 6.36. The first kappa shape index (κ1) is 19.1. The van der Waals surface area contributed by atoms with Crippen LogP contribution in [0.1, 0.15) is 25.0 Å². The van der Waals surface area contributed by atoms with Crippen molar-refractivity contribution in [2.45, 2.75) is 27.7 Å². The second-order valence-electron chi connectivity index (χ2n) is 5.92. The van der Waals surface area contributed by atoms with Gasteiger partial charge in [0, 0.05) is 29.5 Å². The van der Waals surface area contributed by atoms with E-state index in [2.05, 4.69) is 24.1 Å². The lowest BCUT2D eigenvalue weighted by atomic mass is 10.1. The number of carbonyl (C=O) groups is 1. The molecule has 0 unspecified atom stereocenters. The molecule has 0 heterocycles. The zero-order valence-electron chi connectivity index (χ0n) is 15.2. The average Bonchev–Trinajstić information content (AvgIpc) is 2.56. The zero-order valence-corrected chi connectivity index (χ0v) is 16.0. The van der Waals surface area contributed by atoms with Crippen molar-refractivity contribution in [3.63, 3.8) is 0 Å². The van der Waals surface area contributed by atoms with Gasteiger partial charge in [0.1, 0.15) is 5.75 Å². The van der Waals surface area contributed by atoms with Crippen molar-refractivity contribution < 1.29 is 9.53 Å². The van der Waals surface area contributed by atoms with Crippen molar-refractivity contribution in [1.29, 1.82) is 0 Å². The predicted octanol–water partition coefficient (Wildman–Crippen LogP) is 4.82. The number of hydrogen-bond donors (Lipinski definition) is 1. The van der Waals surface area contributed by atoms with Crippen LogP contribution in [0.5, 0.6) is 5.75 Å². The number of rotatable bonds is 7. The quantitative estimate of drug-likeness (QED) is 0.769. The van der Waals surface area contributed by atoms with Gasteiger partial charge in [0.05, 0.1) is 0 Å². The van der Waals surface area contributed by atoms with Gasteiger partial charge in [-0.25, -0.2) is 0 Å². The van der Waals surface area contributed by atoms with Gasteiger partial charge in [-0.1, -0.05) is 11.6 Å². The molecule has 0 aromatic heterocycles. The summed E-state index contributed by atoms with van der Waals surface area (Å²) in [6.07, 6.45) is 0. The van der Waals surface area contributed by atoms with E-state index in [0.29, 0.717) is 10.8 Å². The lowest BCUT2D eigenvalue weighted by Crippen LogP contribution is -2.22. The minimum Gasteiger partial charge on any atom is -0.483 e. The van der Waals surface area contributed by atoms with Crippen LogP contribution in [0.3, 0.4) is 0 Å². The van der Waals surface area contributed by atoms with Crippen LogP contribution in [-0.2, 0) is 4.79 Å². The Kier molecular flexibility index (Phi) is 6.71. The summed E-state index contributed by atoms with van der Waals surface area (Å²) in [6.45, 7) is 9.94. The molecule has 2 aromatic carbocycles. The number of ether oxygens (including phenoxy) is 1. The molecule has 1 N–H and O–H groups in total. The molecule has 5 heteroatoms. The van der Waals surface area contributed by atoms with E-state index in [1.54, 1.807) is 0 Å². The van der Waals surface area contributed by atoms with Crippen LogP contribution in [0.2, 0.25) is 5.02 Å². The Morgan fingerprint density at radius 2 is 1.64 bits per heavy atom. The van der Waals surface area contributed by atoms with E-state index in [-0.39, 0.29) is 12.5 Å². The molecule has 2 aromatic rings. The fourth-order valence-corrected chi connectivity index (χ4v) is 3.13. The lowest BCUT2D eigenvalue weighted by Gasteiger charge is -2.21. The standard InChI is InChI=1S/C20H25ClN2O2/c1-5-23(6-2)18-9-7-17(8-10-18)22-19(24)13-25-20-14(3)11-16(21)12-15(20)4/h7-12H,5-6,13H2,1-4H3,(H,22,24). The van der Waals surface area contributed by atoms with Gasteiger partial charge in [-0.2, -0.15) is 0 Å². The summed E-state index contributed by atoms with van der Waals surface area (Å²) in [5, 5.41) is 3.52. The maximum Gasteiger partial charge on any atom is 0.262 e. The van der Waals surface area contributed by atoms with Crippen LogP contribution < -0.4 is 15.0 Å². The van der Waals surface area contributed by atoms with E-state index in [9.17, 15) is 4.79 Å². The minimum atomic E-state index is -0.190. The molecule has 0 radical (unpaired) electrons. The number of halogens is 1. The van der Waals surface area contributed by atoms with Gasteiger partial charge in [-0.3, -0.25) is 4.79 Å². The third-order valence-corrected chi connectivity index (χ3v) is 4.27. The zero-order chi connectivity index (χ0) is 18.4. The molecule has 2 rings (SSSR count). The number of anilines is 2. The minimum absolute atomic E-state index is 0.0406. The first-order valence-electron chi connectivity index (χ1n) is 8.49. The highest BCUT2D eigenvalue weighted by molar-refractivity contribution is 6.30. The predicted molar refractivity (Wildman–Crippen MR) is 105 cm³/mol. The number of amides is 1. The fraction of sp³-hybridized carbons (Fsp3) is 0.350. The molecule has 0 fully saturated rings. The summed E-state index contributed by atoms with van der Waals surface area (Å²) < 4.78 is 5.67. The maximum atomic E-state index is 12.1. The normalized spacial score (nSPS) is 10.4. The number of aryl methyl sites for hydroxylation is 2. The highest BCUT2D eigenvalue weighted by Gasteiger charge is 2.09. The van der Waals surface area contributed by atoms with E-state index >= 15 is 0 Å². The Bertz CT molecular complexity index is 702. The third kappa shape index (κ3) is 5.13. The molecule has 0 aliphatic rings. The Morgan fingerprint density at radius 1 is 1.08 bits per heavy atom. The molecule has 0 atom stereocenters. The van der Waals surface area contributed by atoms with Crippen LogP contribution in [-0.4, -0.2) is 25.6 Å². The number of carbonyl (C=O) groups excluding carboxylic acids is 1. The van der Waals surface area contributed by atoms with Crippen molar-refractivity contribution in [3.05, 3.63) is 52.5 Å². The summed E-state index contributed by atoms with van der Waals surface area (Å²) in [5.41, 5.74) is 3.74. The Labute approximate surface area is 154 Å². The fourth-order valence-electron chi connectivity index (χ4n) is 2.80. The first-order chi connectivity index (χ1) is 11.9. The molecule has 0 aliphatic carbocycles. The van der Waals surface area contributed by atoms with Crippen LogP contribution in [0, 0.1) is 13.8 Å². The Morgan fingerprint density at radius 3 is 2.16 bits per heavy atom. The van der Waals surface area contributed by atoms with Crippen molar-refractivity contribution in [1.82, 2.24) is 0 Å². The summed E-state index contributed by atoms with van der Waals surface area (Å²) in [5.74, 6) is 0.515. The first-order valence-corrected chi connectivity index (χ1v) is 8.86. The van der Waals surface area contributed by atoms with E-state index in [0.717, 1.165) is 35.6 Å². The van der Waals surface area contributed by atoms with Crippen molar-refractivity contribution in [3.8, 4) is 5.75 Å². The number of nitrogens with one attached hydrogen (secondary N) is 1. The summed E-state index contributed by atoms with van der Waals surface area (Å²) in [7, 11) is 0. The van der Waals surface area contributed by atoms with Crippen LogP contribution in [0.4, 0.5) is 11.4 Å². The monoisotopic (exact) mass is 360 g/mol. The van der Waals surface area contributed by atoms with Crippen LogP contribution >= 0.6 is 11.6 Å². The lowest BCUT2D eigenvalue weighted by molar-refractivity contribution is -0.118. The maximum absolute atomic E-state index is 12.1. The molecular formula is C20H25ClN2O2. The summed E-state index contributed by atoms with van der Waals surface area (Å²) >= 11 is 6.01. The third-order valence-electron chi connectivity index (χ3n) is 4.05. The number of benzene rings is 2. The molecular weight excluding hydrogens is 336 g/mol. The molecule has 25 heavy (non-hydrogen) atoms. The number of hydrogen-bond acceptors (Lipinski definition) is 3. The van der Waals surface area contributed by atoms with Gasteiger partial charge >= 0.3 is 0 Å². The SMILES string of the molecule is CCN(CC)c1ccc(NC(=O)COc2c(C)cc(Cl)cc2C)cc1. The van der Waals surface area contributed by atoms with E-state index in [4.69, 9.17) is 16.3 Å². The molecule has 4 nitrogen and oxygen atoms in total. The molecule has 0 spiro atoms. The van der Waals surface area contributed by atoms with Crippen molar-refractivity contribution >= 4 is 28.9 Å². The van der Waals surface area contributed by atoms with Crippen LogP contribution in [0.25, 0.3) is 0 Å². The average molecular weight is 361 g/mol. The molecule has 1 amide bonds. The van der Waals surface area contributed by atoms with Crippen LogP contribution in [0.15, 0.2) is 36.4 Å². The molecule has 0 aliphatic heterocycles. The van der Waals surface area contributed by atoms with Gasteiger partial charge in [0.15, 0.2) is 6.61 Å². The van der Waals surface area contributed by atoms with Gasteiger partial charge in [-0.15, -0.1) is 0 Å². The van der Waals surface area contributed by atoms with Gasteiger partial charge in [0.2, 0.25) is 0 Å². The highest BCUT2D eigenvalue weighted by atomic mass is 35.5. The molecule has 0 bridgehead atoms. The van der Waals surface area contributed by atoms with E-state index in [1.165, 1.54) is 0 Å². The van der Waals surface area contributed by atoms with Crippen molar-refractivity contribution in [2.75, 3.05) is 29.9 Å². The van der Waals surface area contributed by atoms with E-state index in [1.807, 2.05) is 50.2 Å². The molecule has 134 valence electrons. The smallest absolute Gasteiger partial charge is 0.262 e. The summed E-state index contributed by atoms with van der Waals surface area (Å²) in [4.78, 5) is 14.4. The molecule has 0 saturated heterocycles. The summed E-state index contributed by atoms with van der Waals surface area (Å²) in [6, 6.07) is 11.5. The second kappa shape index (κ2) is 8.77. The van der Waals surface area contributed by atoms with Gasteiger partial charge in [0.25, 0.3) is 5.91 Å². The van der Waals surface area contributed by atoms with Crippen molar-refractivity contribution in [2.24, 2.45) is 0 Å². The molecule has 0 saturated carbocycles. The Hall–Kier alpha value is -2.20. The number of nitrogens with zero attached hydrogens (tertiary/aromatic N) is 1. The topological polar surface area (TPSA) is 41.6 Å². The Balaban J connectivity index is 1.95. The van der Waals surface area contributed by atoms with Gasteiger partial charge in [-0.05, 0) is 75.2 Å². The largest absolute Gasteiger partial charge is 0.483 e. The van der Waals surface area contributed by atoms with E-state index < -0.39 is 0 Å². The highest BCUT2D eigenvalue weighted by Crippen LogP contribution is 2.27.